The van der Waals surface area contributed by atoms with Crippen molar-refractivity contribution >= 4 is 28.7 Å². The molecule has 0 saturated carbocycles. The summed E-state index contributed by atoms with van der Waals surface area (Å²) in [6, 6.07) is 20.3. The van der Waals surface area contributed by atoms with E-state index in [1.807, 2.05) is 47.9 Å². The van der Waals surface area contributed by atoms with E-state index in [-0.39, 0.29) is 5.91 Å². The number of hydrogen-bond donors (Lipinski definition) is 3. The Labute approximate surface area is 173 Å². The molecule has 30 heavy (non-hydrogen) atoms. The summed E-state index contributed by atoms with van der Waals surface area (Å²) in [5, 5.41) is 5.40. The average molecular weight is 399 g/mol. The Morgan fingerprint density at radius 2 is 1.83 bits per heavy atom. The SMILES string of the molecule is Cc1cccc(-n2cnc3cc(C(=O)Nc4ccc(CNC(N)=O)cc4)ccc32)c1. The molecule has 4 aromatic rings. The fourth-order valence-electron chi connectivity index (χ4n) is 3.24. The molecule has 150 valence electrons. The van der Waals surface area contributed by atoms with E-state index in [9.17, 15) is 9.59 Å². The van der Waals surface area contributed by atoms with E-state index < -0.39 is 6.03 Å². The van der Waals surface area contributed by atoms with Gasteiger partial charge in [0.1, 0.15) is 6.33 Å². The van der Waals surface area contributed by atoms with Crippen molar-refractivity contribution in [3.05, 3.63) is 89.7 Å². The topological polar surface area (TPSA) is 102 Å². The number of nitrogens with zero attached hydrogens (tertiary/aromatic N) is 2. The number of nitrogens with two attached hydrogens (primary N) is 1. The van der Waals surface area contributed by atoms with Gasteiger partial charge in [-0.25, -0.2) is 9.78 Å². The molecule has 0 aliphatic carbocycles. The van der Waals surface area contributed by atoms with Crippen LogP contribution in [0.4, 0.5) is 10.5 Å². The highest BCUT2D eigenvalue weighted by molar-refractivity contribution is 6.06. The van der Waals surface area contributed by atoms with Crippen LogP contribution in [0.2, 0.25) is 0 Å². The highest BCUT2D eigenvalue weighted by Gasteiger charge is 2.11. The first-order valence-corrected chi connectivity index (χ1v) is 9.47. The van der Waals surface area contributed by atoms with Crippen LogP contribution in [0.1, 0.15) is 21.5 Å². The summed E-state index contributed by atoms with van der Waals surface area (Å²) < 4.78 is 2.00. The monoisotopic (exact) mass is 399 g/mol. The number of aryl methyl sites for hydroxylation is 1. The van der Waals surface area contributed by atoms with E-state index in [1.165, 1.54) is 5.56 Å². The van der Waals surface area contributed by atoms with Crippen molar-refractivity contribution in [2.45, 2.75) is 13.5 Å². The standard InChI is InChI=1S/C23H21N5O2/c1-15-3-2-4-19(11-15)28-14-26-20-12-17(7-10-21(20)28)22(29)27-18-8-5-16(6-9-18)13-25-23(24)30/h2-12,14H,13H2,1H3,(H,27,29)(H3,24,25,30). The zero-order valence-corrected chi connectivity index (χ0v) is 16.4. The van der Waals surface area contributed by atoms with Gasteiger partial charge in [0.2, 0.25) is 0 Å². The zero-order chi connectivity index (χ0) is 21.1. The Hall–Kier alpha value is -4.13. The molecule has 0 radical (unpaired) electrons. The van der Waals surface area contributed by atoms with Crippen LogP contribution in [0, 0.1) is 6.92 Å². The van der Waals surface area contributed by atoms with E-state index in [0.29, 0.717) is 17.8 Å². The van der Waals surface area contributed by atoms with Crippen molar-refractivity contribution in [1.29, 1.82) is 0 Å². The summed E-state index contributed by atoms with van der Waals surface area (Å²) in [7, 11) is 0. The van der Waals surface area contributed by atoms with E-state index in [4.69, 9.17) is 5.73 Å². The van der Waals surface area contributed by atoms with E-state index in [1.54, 1.807) is 30.6 Å². The molecule has 7 heteroatoms. The van der Waals surface area contributed by atoms with Gasteiger partial charge in [-0.05, 0) is 60.5 Å². The molecule has 0 bridgehead atoms. The summed E-state index contributed by atoms with van der Waals surface area (Å²) in [5.41, 5.74) is 11.0. The van der Waals surface area contributed by atoms with Crippen molar-refractivity contribution in [3.8, 4) is 5.69 Å². The van der Waals surface area contributed by atoms with Crippen molar-refractivity contribution in [2.75, 3.05) is 5.32 Å². The first-order valence-electron chi connectivity index (χ1n) is 9.47. The predicted molar refractivity (Wildman–Crippen MR) is 117 cm³/mol. The molecule has 0 saturated heterocycles. The second kappa shape index (κ2) is 8.08. The zero-order valence-electron chi connectivity index (χ0n) is 16.4. The Bertz CT molecular complexity index is 1230. The Kier molecular flexibility index (Phi) is 5.17. The van der Waals surface area contributed by atoms with Gasteiger partial charge in [-0.1, -0.05) is 24.3 Å². The average Bonchev–Trinajstić information content (AvgIpc) is 3.16. The number of imidazole rings is 1. The number of urea groups is 1. The van der Waals surface area contributed by atoms with Gasteiger partial charge in [0, 0.05) is 23.5 Å². The van der Waals surface area contributed by atoms with Crippen molar-refractivity contribution < 1.29 is 9.59 Å². The maximum absolute atomic E-state index is 12.7. The molecule has 1 aromatic heterocycles. The highest BCUT2D eigenvalue weighted by atomic mass is 16.2. The molecule has 1 heterocycles. The van der Waals surface area contributed by atoms with Crippen molar-refractivity contribution in [2.24, 2.45) is 5.73 Å². The molecule has 0 atom stereocenters. The van der Waals surface area contributed by atoms with E-state index in [0.717, 1.165) is 22.3 Å². The number of carbonyl (C=O) groups is 2. The van der Waals surface area contributed by atoms with Gasteiger partial charge >= 0.3 is 6.03 Å². The van der Waals surface area contributed by atoms with Crippen LogP contribution in [0.25, 0.3) is 16.7 Å². The third-order valence-corrected chi connectivity index (χ3v) is 4.77. The number of amides is 3. The molecular weight excluding hydrogens is 378 g/mol. The highest BCUT2D eigenvalue weighted by Crippen LogP contribution is 2.21. The summed E-state index contributed by atoms with van der Waals surface area (Å²) in [4.78, 5) is 27.9. The van der Waals surface area contributed by atoms with Crippen molar-refractivity contribution in [3.63, 3.8) is 0 Å². The van der Waals surface area contributed by atoms with Gasteiger partial charge in [0.15, 0.2) is 0 Å². The lowest BCUT2D eigenvalue weighted by Crippen LogP contribution is -2.28. The number of hydrogen-bond acceptors (Lipinski definition) is 3. The van der Waals surface area contributed by atoms with Crippen LogP contribution in [0.3, 0.4) is 0 Å². The number of anilines is 1. The lowest BCUT2D eigenvalue weighted by atomic mass is 10.1. The summed E-state index contributed by atoms with van der Waals surface area (Å²) in [6.07, 6.45) is 1.76. The largest absolute Gasteiger partial charge is 0.352 e. The van der Waals surface area contributed by atoms with Crippen molar-refractivity contribution in [1.82, 2.24) is 14.9 Å². The number of fused-ring (bicyclic) bond motifs is 1. The maximum atomic E-state index is 12.7. The first kappa shape index (κ1) is 19.2. The fraction of sp³-hybridized carbons (Fsp3) is 0.0870. The number of benzene rings is 3. The van der Waals surface area contributed by atoms with Crippen LogP contribution in [0.15, 0.2) is 73.1 Å². The van der Waals surface area contributed by atoms with Crippen LogP contribution >= 0.6 is 0 Å². The first-order chi connectivity index (χ1) is 14.5. The normalized spacial score (nSPS) is 10.7. The summed E-state index contributed by atoms with van der Waals surface area (Å²) >= 11 is 0. The smallest absolute Gasteiger partial charge is 0.312 e. The Balaban J connectivity index is 1.51. The minimum atomic E-state index is -0.576. The van der Waals surface area contributed by atoms with E-state index >= 15 is 0 Å². The fourth-order valence-corrected chi connectivity index (χ4v) is 3.24. The van der Waals surface area contributed by atoms with Crippen LogP contribution < -0.4 is 16.4 Å². The van der Waals surface area contributed by atoms with Crippen LogP contribution in [-0.2, 0) is 6.54 Å². The number of aromatic nitrogens is 2. The number of rotatable bonds is 5. The lowest BCUT2D eigenvalue weighted by molar-refractivity contribution is 0.102. The van der Waals surface area contributed by atoms with Crippen LogP contribution in [-0.4, -0.2) is 21.5 Å². The van der Waals surface area contributed by atoms with Gasteiger partial charge < -0.3 is 16.4 Å². The molecule has 0 spiro atoms. The lowest BCUT2D eigenvalue weighted by Gasteiger charge is -2.08. The number of carbonyl (C=O) groups excluding carboxylic acids is 2. The Morgan fingerprint density at radius 1 is 1.03 bits per heavy atom. The second-order valence-electron chi connectivity index (χ2n) is 7.03. The molecule has 4 N–H and O–H groups in total. The number of primary amides is 1. The third kappa shape index (κ3) is 4.15. The molecule has 0 aliphatic rings. The van der Waals surface area contributed by atoms with Gasteiger partial charge in [0.25, 0.3) is 5.91 Å². The molecule has 3 amide bonds. The predicted octanol–water partition coefficient (Wildman–Crippen LogP) is 3.75. The second-order valence-corrected chi connectivity index (χ2v) is 7.03. The molecule has 4 rings (SSSR count). The molecular formula is C23H21N5O2. The van der Waals surface area contributed by atoms with Gasteiger partial charge in [-0.2, -0.15) is 0 Å². The molecule has 7 nitrogen and oxygen atoms in total. The third-order valence-electron chi connectivity index (χ3n) is 4.77. The quantitative estimate of drug-likeness (QED) is 0.476. The molecule has 0 fully saturated rings. The molecule has 3 aromatic carbocycles. The summed E-state index contributed by atoms with van der Waals surface area (Å²) in [6.45, 7) is 2.38. The maximum Gasteiger partial charge on any atom is 0.312 e. The minimum Gasteiger partial charge on any atom is -0.352 e. The van der Waals surface area contributed by atoms with Crippen LogP contribution in [0.5, 0.6) is 0 Å². The number of nitrogens with one attached hydrogen (secondary N) is 2. The summed E-state index contributed by atoms with van der Waals surface area (Å²) in [5.74, 6) is -0.218. The van der Waals surface area contributed by atoms with E-state index in [2.05, 4.69) is 21.7 Å². The molecule has 0 unspecified atom stereocenters. The molecule has 0 aliphatic heterocycles. The van der Waals surface area contributed by atoms with Gasteiger partial charge in [-0.15, -0.1) is 0 Å². The van der Waals surface area contributed by atoms with Gasteiger partial charge in [0.05, 0.1) is 11.0 Å². The van der Waals surface area contributed by atoms with Gasteiger partial charge in [-0.3, -0.25) is 9.36 Å². The minimum absolute atomic E-state index is 0.218. The Morgan fingerprint density at radius 3 is 2.57 bits per heavy atom.